The number of aromatic nitrogens is 2. The normalized spacial score (nSPS) is 11.4. The van der Waals surface area contributed by atoms with Gasteiger partial charge < -0.3 is 11.1 Å². The van der Waals surface area contributed by atoms with Crippen LogP contribution in [0.2, 0.25) is 0 Å². The Labute approximate surface area is 95.8 Å². The van der Waals surface area contributed by atoms with E-state index < -0.39 is 0 Å². The summed E-state index contributed by atoms with van der Waals surface area (Å²) in [6.07, 6.45) is 3.88. The van der Waals surface area contributed by atoms with Crippen molar-refractivity contribution in [2.45, 2.75) is 33.1 Å². The number of nitrogens with two attached hydrogens (primary N) is 1. The Kier molecular flexibility index (Phi) is 4.49. The molecule has 0 aromatic carbocycles. The van der Waals surface area contributed by atoms with Crippen LogP contribution in [0.3, 0.4) is 0 Å². The Morgan fingerprint density at radius 3 is 2.88 bits per heavy atom. The number of rotatable bonds is 6. The van der Waals surface area contributed by atoms with Crippen LogP contribution in [0.4, 0.5) is 5.82 Å². The first-order chi connectivity index (χ1) is 7.53. The molecule has 0 radical (unpaired) electrons. The molecule has 0 atom stereocenters. The van der Waals surface area contributed by atoms with Gasteiger partial charge in [0.25, 0.3) is 0 Å². The topological polar surface area (TPSA) is 83.8 Å². The molecule has 0 bridgehead atoms. The first-order valence-electron chi connectivity index (χ1n) is 5.53. The molecular weight excluding hydrogens is 204 g/mol. The summed E-state index contributed by atoms with van der Waals surface area (Å²) < 4.78 is 0. The van der Waals surface area contributed by atoms with E-state index in [0.717, 1.165) is 12.8 Å². The summed E-state index contributed by atoms with van der Waals surface area (Å²) in [5.74, 6) is 0.649. The zero-order valence-corrected chi connectivity index (χ0v) is 9.92. The Balaban J connectivity index is 2.30. The average Bonchev–Trinajstić information content (AvgIpc) is 2.68. The number of hydrogen-bond acceptors (Lipinski definition) is 3. The predicted octanol–water partition coefficient (Wildman–Crippen LogP) is 1.50. The molecule has 1 aromatic rings. The monoisotopic (exact) mass is 224 g/mol. The summed E-state index contributed by atoms with van der Waals surface area (Å²) in [6.45, 7) is 4.92. The first kappa shape index (κ1) is 12.7. The summed E-state index contributed by atoms with van der Waals surface area (Å²) >= 11 is 0. The molecule has 1 heterocycles. The van der Waals surface area contributed by atoms with E-state index in [1.165, 1.54) is 0 Å². The van der Waals surface area contributed by atoms with E-state index in [1.807, 2.05) is 0 Å². The number of carbonyl (C=O) groups is 1. The molecule has 0 aliphatic rings. The minimum atomic E-state index is 0.00865. The van der Waals surface area contributed by atoms with Crippen molar-refractivity contribution in [1.29, 1.82) is 0 Å². The number of anilines is 1. The highest BCUT2D eigenvalue weighted by molar-refractivity contribution is 5.89. The summed E-state index contributed by atoms with van der Waals surface area (Å²) in [7, 11) is 0. The van der Waals surface area contributed by atoms with E-state index in [4.69, 9.17) is 5.73 Å². The van der Waals surface area contributed by atoms with Gasteiger partial charge in [0.05, 0.1) is 6.20 Å². The smallest absolute Gasteiger partial charge is 0.225 e. The number of nitrogens with one attached hydrogen (secondary N) is 2. The summed E-state index contributed by atoms with van der Waals surface area (Å²) in [5.41, 5.74) is 5.64. The van der Waals surface area contributed by atoms with Crippen LogP contribution >= 0.6 is 0 Å². The summed E-state index contributed by atoms with van der Waals surface area (Å²) in [5, 5.41) is 9.19. The van der Waals surface area contributed by atoms with Gasteiger partial charge in [0.15, 0.2) is 0 Å². The lowest BCUT2D eigenvalue weighted by Crippen LogP contribution is -2.20. The SMILES string of the molecule is CC(C)(CCN)CCC(=O)Nc1ccn[nH]1. The van der Waals surface area contributed by atoms with E-state index >= 15 is 0 Å². The summed E-state index contributed by atoms with van der Waals surface area (Å²) in [6, 6.07) is 1.73. The van der Waals surface area contributed by atoms with Gasteiger partial charge in [-0.1, -0.05) is 13.8 Å². The second kappa shape index (κ2) is 5.65. The molecule has 0 saturated carbocycles. The summed E-state index contributed by atoms with van der Waals surface area (Å²) in [4.78, 5) is 11.6. The van der Waals surface area contributed by atoms with Gasteiger partial charge in [-0.3, -0.25) is 9.89 Å². The van der Waals surface area contributed by atoms with Crippen LogP contribution in [0, 0.1) is 5.41 Å². The second-order valence-electron chi connectivity index (χ2n) is 4.72. The predicted molar refractivity (Wildman–Crippen MR) is 63.9 cm³/mol. The van der Waals surface area contributed by atoms with Crippen LogP contribution in [-0.2, 0) is 4.79 Å². The first-order valence-corrected chi connectivity index (χ1v) is 5.53. The van der Waals surface area contributed by atoms with Crippen LogP contribution in [0.5, 0.6) is 0 Å². The van der Waals surface area contributed by atoms with Gasteiger partial charge in [-0.2, -0.15) is 5.10 Å². The highest BCUT2D eigenvalue weighted by Gasteiger charge is 2.18. The standard InChI is InChI=1S/C11H20N4O/c1-11(2,6-7-12)5-3-10(16)14-9-4-8-13-15-9/h4,8H,3,5-7,12H2,1-2H3,(H2,13,14,15,16). The molecule has 1 amide bonds. The molecule has 1 rings (SSSR count). The van der Waals surface area contributed by atoms with Crippen LogP contribution in [-0.4, -0.2) is 22.6 Å². The van der Waals surface area contributed by atoms with Gasteiger partial charge in [0.2, 0.25) is 5.91 Å². The number of carbonyl (C=O) groups excluding carboxylic acids is 1. The number of H-pyrrole nitrogens is 1. The fourth-order valence-corrected chi connectivity index (χ4v) is 1.51. The van der Waals surface area contributed by atoms with Crippen LogP contribution in [0.25, 0.3) is 0 Å². The molecule has 1 aromatic heterocycles. The van der Waals surface area contributed by atoms with E-state index in [2.05, 4.69) is 29.4 Å². The lowest BCUT2D eigenvalue weighted by molar-refractivity contribution is -0.116. The quantitative estimate of drug-likeness (QED) is 0.684. The van der Waals surface area contributed by atoms with Crippen molar-refractivity contribution >= 4 is 11.7 Å². The lowest BCUT2D eigenvalue weighted by Gasteiger charge is -2.23. The van der Waals surface area contributed by atoms with Crippen molar-refractivity contribution in [1.82, 2.24) is 10.2 Å². The van der Waals surface area contributed by atoms with E-state index in [9.17, 15) is 4.79 Å². The maximum Gasteiger partial charge on any atom is 0.225 e. The third kappa shape index (κ3) is 4.44. The second-order valence-corrected chi connectivity index (χ2v) is 4.72. The zero-order chi connectivity index (χ0) is 12.0. The average molecular weight is 224 g/mol. The van der Waals surface area contributed by atoms with E-state index in [0.29, 0.717) is 18.8 Å². The van der Waals surface area contributed by atoms with Gasteiger partial charge >= 0.3 is 0 Å². The third-order valence-corrected chi connectivity index (χ3v) is 2.62. The molecule has 5 heteroatoms. The fourth-order valence-electron chi connectivity index (χ4n) is 1.51. The van der Waals surface area contributed by atoms with Crippen LogP contribution in [0.1, 0.15) is 33.1 Å². The van der Waals surface area contributed by atoms with Gasteiger partial charge in [-0.15, -0.1) is 0 Å². The minimum absolute atomic E-state index is 0.00865. The fraction of sp³-hybridized carbons (Fsp3) is 0.636. The largest absolute Gasteiger partial charge is 0.330 e. The van der Waals surface area contributed by atoms with Crippen LogP contribution in [0.15, 0.2) is 12.3 Å². The number of nitrogens with zero attached hydrogens (tertiary/aromatic N) is 1. The van der Waals surface area contributed by atoms with Crippen LogP contribution < -0.4 is 11.1 Å². The molecule has 0 fully saturated rings. The maximum atomic E-state index is 11.6. The molecular formula is C11H20N4O. The number of aromatic amines is 1. The number of amides is 1. The number of hydrogen-bond donors (Lipinski definition) is 3. The van der Waals surface area contributed by atoms with Crippen molar-refractivity contribution in [3.8, 4) is 0 Å². The zero-order valence-electron chi connectivity index (χ0n) is 9.92. The molecule has 0 unspecified atom stereocenters. The lowest BCUT2D eigenvalue weighted by atomic mass is 9.84. The van der Waals surface area contributed by atoms with Crippen molar-refractivity contribution in [2.24, 2.45) is 11.1 Å². The van der Waals surface area contributed by atoms with Crippen molar-refractivity contribution in [3.05, 3.63) is 12.3 Å². The molecule has 4 N–H and O–H groups in total. The van der Waals surface area contributed by atoms with Gasteiger partial charge in [-0.25, -0.2) is 0 Å². The molecule has 0 saturated heterocycles. The molecule has 0 aliphatic heterocycles. The molecule has 16 heavy (non-hydrogen) atoms. The van der Waals surface area contributed by atoms with E-state index in [1.54, 1.807) is 12.3 Å². The Morgan fingerprint density at radius 2 is 2.31 bits per heavy atom. The Bertz CT molecular complexity index is 319. The molecule has 0 aliphatic carbocycles. The van der Waals surface area contributed by atoms with Gasteiger partial charge in [0.1, 0.15) is 5.82 Å². The van der Waals surface area contributed by atoms with Crippen molar-refractivity contribution < 1.29 is 4.79 Å². The minimum Gasteiger partial charge on any atom is -0.330 e. The Morgan fingerprint density at radius 1 is 1.56 bits per heavy atom. The van der Waals surface area contributed by atoms with Gasteiger partial charge in [-0.05, 0) is 24.8 Å². The Hall–Kier alpha value is -1.36. The van der Waals surface area contributed by atoms with Crippen molar-refractivity contribution in [2.75, 3.05) is 11.9 Å². The highest BCUT2D eigenvalue weighted by atomic mass is 16.1. The van der Waals surface area contributed by atoms with E-state index in [-0.39, 0.29) is 11.3 Å². The molecule has 5 nitrogen and oxygen atoms in total. The molecule has 90 valence electrons. The third-order valence-electron chi connectivity index (χ3n) is 2.62. The molecule has 0 spiro atoms. The maximum absolute atomic E-state index is 11.6. The highest BCUT2D eigenvalue weighted by Crippen LogP contribution is 2.25. The van der Waals surface area contributed by atoms with Crippen molar-refractivity contribution in [3.63, 3.8) is 0 Å². The van der Waals surface area contributed by atoms with Gasteiger partial charge in [0, 0.05) is 12.5 Å².